The molecule has 1 saturated heterocycles. The van der Waals surface area contributed by atoms with E-state index in [4.69, 9.17) is 0 Å². The highest BCUT2D eigenvalue weighted by Crippen LogP contribution is 2.22. The Balaban J connectivity index is 0.00000144. The number of hydrogen-bond donors (Lipinski definition) is 2. The number of nitrogens with zero attached hydrogens (tertiary/aromatic N) is 2. The second-order valence-electron chi connectivity index (χ2n) is 3.89. The summed E-state index contributed by atoms with van der Waals surface area (Å²) in [6.45, 7) is 2.77. The van der Waals surface area contributed by atoms with Crippen LogP contribution in [0.15, 0.2) is 18.5 Å². The largest absolute Gasteiger partial charge is 0.379 e. The molecule has 1 aromatic rings. The minimum atomic E-state index is -0.414. The average molecular weight is 259 g/mol. The van der Waals surface area contributed by atoms with Crippen molar-refractivity contribution in [3.63, 3.8) is 0 Å². The van der Waals surface area contributed by atoms with Crippen LogP contribution in [0.1, 0.15) is 6.42 Å². The molecule has 0 aromatic carbocycles. The maximum Gasteiger partial charge on any atom is 0.310 e. The smallest absolute Gasteiger partial charge is 0.310 e. The molecule has 7 heteroatoms. The summed E-state index contributed by atoms with van der Waals surface area (Å²) in [7, 11) is 0. The molecule has 2 rings (SSSR count). The molecule has 1 unspecified atom stereocenters. The first kappa shape index (κ1) is 13.7. The van der Waals surface area contributed by atoms with Crippen molar-refractivity contribution in [2.45, 2.75) is 6.42 Å². The molecule has 0 aliphatic carbocycles. The van der Waals surface area contributed by atoms with Crippen LogP contribution in [0.5, 0.6) is 0 Å². The number of hydrogen-bond acceptors (Lipinski definition) is 5. The average Bonchev–Trinajstić information content (AvgIpc) is 2.79. The first-order chi connectivity index (χ1) is 7.77. The van der Waals surface area contributed by atoms with E-state index >= 15 is 0 Å². The first-order valence-corrected chi connectivity index (χ1v) is 5.30. The molecule has 17 heavy (non-hydrogen) atoms. The van der Waals surface area contributed by atoms with Crippen molar-refractivity contribution in [1.29, 1.82) is 0 Å². The van der Waals surface area contributed by atoms with Gasteiger partial charge in [0.25, 0.3) is 0 Å². The molecular weight excluding hydrogens is 244 g/mol. The zero-order valence-electron chi connectivity index (χ0n) is 9.26. The molecule has 1 aliphatic heterocycles. The van der Waals surface area contributed by atoms with E-state index < -0.39 is 4.92 Å². The van der Waals surface area contributed by atoms with Gasteiger partial charge in [0, 0.05) is 12.7 Å². The molecule has 0 bridgehead atoms. The van der Waals surface area contributed by atoms with Crippen molar-refractivity contribution in [2.24, 2.45) is 5.92 Å². The van der Waals surface area contributed by atoms with Gasteiger partial charge in [0.1, 0.15) is 11.9 Å². The van der Waals surface area contributed by atoms with E-state index in [9.17, 15) is 10.1 Å². The third-order valence-corrected chi connectivity index (χ3v) is 2.74. The quantitative estimate of drug-likeness (QED) is 0.631. The fourth-order valence-corrected chi connectivity index (χ4v) is 1.82. The molecule has 0 spiro atoms. The van der Waals surface area contributed by atoms with Crippen LogP contribution in [0, 0.1) is 16.0 Å². The van der Waals surface area contributed by atoms with E-state index in [2.05, 4.69) is 15.6 Å². The van der Waals surface area contributed by atoms with Gasteiger partial charge in [-0.05, 0) is 31.5 Å². The zero-order valence-corrected chi connectivity index (χ0v) is 10.1. The Labute approximate surface area is 105 Å². The molecule has 0 saturated carbocycles. The zero-order chi connectivity index (χ0) is 11.4. The lowest BCUT2D eigenvalue weighted by molar-refractivity contribution is -0.384. The number of pyridine rings is 1. The van der Waals surface area contributed by atoms with Crippen LogP contribution < -0.4 is 10.6 Å². The number of anilines is 1. The fraction of sp³-hybridized carbons (Fsp3) is 0.500. The molecule has 0 radical (unpaired) electrons. The first-order valence-electron chi connectivity index (χ1n) is 5.30. The third kappa shape index (κ3) is 3.54. The van der Waals surface area contributed by atoms with Gasteiger partial charge in [-0.2, -0.15) is 0 Å². The summed E-state index contributed by atoms with van der Waals surface area (Å²) in [5, 5.41) is 17.1. The molecule has 2 N–H and O–H groups in total. The Morgan fingerprint density at radius 3 is 3.12 bits per heavy atom. The van der Waals surface area contributed by atoms with Crippen molar-refractivity contribution >= 4 is 23.8 Å². The Hall–Kier alpha value is -1.40. The summed E-state index contributed by atoms with van der Waals surface area (Å²) >= 11 is 0. The summed E-state index contributed by atoms with van der Waals surface area (Å²) in [5.74, 6) is 0.549. The topological polar surface area (TPSA) is 80.1 Å². The standard InChI is InChI=1S/C10H14N4O2.ClH/c15-14(16)10-7-12-4-2-9(10)13-6-8-1-3-11-5-8;/h2,4,7-8,11H,1,3,5-6H2,(H,12,13);1H. The minimum absolute atomic E-state index is 0. The van der Waals surface area contributed by atoms with Crippen LogP contribution in [0.4, 0.5) is 11.4 Å². The molecule has 94 valence electrons. The van der Waals surface area contributed by atoms with Crippen LogP contribution in [0.2, 0.25) is 0 Å². The van der Waals surface area contributed by atoms with Gasteiger partial charge in [0.05, 0.1) is 4.92 Å². The normalized spacial score (nSPS) is 18.5. The Kier molecular flexibility index (Phi) is 5.11. The van der Waals surface area contributed by atoms with E-state index in [1.807, 2.05) is 0 Å². The van der Waals surface area contributed by atoms with Crippen molar-refractivity contribution < 1.29 is 4.92 Å². The van der Waals surface area contributed by atoms with Crippen LogP contribution in [-0.4, -0.2) is 29.5 Å². The molecule has 6 nitrogen and oxygen atoms in total. The summed E-state index contributed by atoms with van der Waals surface area (Å²) in [6.07, 6.45) is 3.95. The summed E-state index contributed by atoms with van der Waals surface area (Å²) in [5.41, 5.74) is 0.584. The van der Waals surface area contributed by atoms with Gasteiger partial charge in [-0.15, -0.1) is 12.4 Å². The third-order valence-electron chi connectivity index (χ3n) is 2.74. The van der Waals surface area contributed by atoms with Crippen LogP contribution in [0.3, 0.4) is 0 Å². The maximum atomic E-state index is 10.7. The number of rotatable bonds is 4. The van der Waals surface area contributed by atoms with Gasteiger partial charge in [0.15, 0.2) is 0 Å². The lowest BCUT2D eigenvalue weighted by Gasteiger charge is -2.10. The summed E-state index contributed by atoms with van der Waals surface area (Å²) < 4.78 is 0. The highest BCUT2D eigenvalue weighted by molar-refractivity contribution is 5.85. The molecule has 1 aromatic heterocycles. The summed E-state index contributed by atoms with van der Waals surface area (Å²) in [4.78, 5) is 14.1. The second-order valence-corrected chi connectivity index (χ2v) is 3.89. The highest BCUT2D eigenvalue weighted by atomic mass is 35.5. The highest BCUT2D eigenvalue weighted by Gasteiger charge is 2.17. The van der Waals surface area contributed by atoms with Crippen LogP contribution >= 0.6 is 12.4 Å². The number of aromatic nitrogens is 1. The van der Waals surface area contributed by atoms with E-state index in [0.29, 0.717) is 11.6 Å². The van der Waals surface area contributed by atoms with Gasteiger partial charge in [-0.1, -0.05) is 0 Å². The fourth-order valence-electron chi connectivity index (χ4n) is 1.82. The van der Waals surface area contributed by atoms with E-state index in [1.54, 1.807) is 12.3 Å². The van der Waals surface area contributed by atoms with Gasteiger partial charge in [0.2, 0.25) is 0 Å². The molecule has 0 amide bonds. The van der Waals surface area contributed by atoms with E-state index in [1.165, 1.54) is 6.20 Å². The Morgan fingerprint density at radius 2 is 2.47 bits per heavy atom. The predicted molar refractivity (Wildman–Crippen MR) is 67.6 cm³/mol. The van der Waals surface area contributed by atoms with E-state index in [-0.39, 0.29) is 18.1 Å². The van der Waals surface area contributed by atoms with E-state index in [0.717, 1.165) is 26.1 Å². The van der Waals surface area contributed by atoms with Crippen molar-refractivity contribution in [2.75, 3.05) is 25.0 Å². The van der Waals surface area contributed by atoms with Crippen molar-refractivity contribution in [3.8, 4) is 0 Å². The molecule has 1 aliphatic rings. The van der Waals surface area contributed by atoms with Crippen LogP contribution in [0.25, 0.3) is 0 Å². The van der Waals surface area contributed by atoms with Gasteiger partial charge < -0.3 is 10.6 Å². The molecule has 2 heterocycles. The lowest BCUT2D eigenvalue weighted by atomic mass is 10.1. The van der Waals surface area contributed by atoms with Gasteiger partial charge in [-0.25, -0.2) is 0 Å². The van der Waals surface area contributed by atoms with Gasteiger partial charge in [-0.3, -0.25) is 15.1 Å². The number of nitrogens with one attached hydrogen (secondary N) is 2. The summed E-state index contributed by atoms with van der Waals surface area (Å²) in [6, 6.07) is 1.64. The second kappa shape index (κ2) is 6.36. The van der Waals surface area contributed by atoms with Crippen LogP contribution in [-0.2, 0) is 0 Å². The molecule has 1 fully saturated rings. The molecule has 1 atom stereocenters. The SMILES string of the molecule is Cl.O=[N+]([O-])c1cnccc1NCC1CCNC1. The Bertz CT molecular complexity index is 382. The minimum Gasteiger partial charge on any atom is -0.379 e. The van der Waals surface area contributed by atoms with Gasteiger partial charge >= 0.3 is 5.69 Å². The van der Waals surface area contributed by atoms with Crippen molar-refractivity contribution in [1.82, 2.24) is 10.3 Å². The van der Waals surface area contributed by atoms with Crippen molar-refractivity contribution in [3.05, 3.63) is 28.6 Å². The molecular formula is C10H15ClN4O2. The number of halogens is 1. The lowest BCUT2D eigenvalue weighted by Crippen LogP contribution is -2.17. The Morgan fingerprint density at radius 1 is 1.65 bits per heavy atom. The number of nitro groups is 1. The monoisotopic (exact) mass is 258 g/mol. The predicted octanol–water partition coefficient (Wildman–Crippen LogP) is 1.43. The maximum absolute atomic E-state index is 10.7.